The molecule has 1 saturated heterocycles. The molecule has 1 aromatic heterocycles. The van der Waals surface area contributed by atoms with E-state index in [9.17, 15) is 9.90 Å². The van der Waals surface area contributed by atoms with Crippen LogP contribution in [0.3, 0.4) is 0 Å². The van der Waals surface area contributed by atoms with Gasteiger partial charge in [-0.05, 0) is 25.0 Å². The molecule has 0 aromatic carbocycles. The number of likely N-dealkylation sites (tertiary alicyclic amines) is 1. The fourth-order valence-corrected chi connectivity index (χ4v) is 2.05. The van der Waals surface area contributed by atoms with E-state index in [0.29, 0.717) is 25.3 Å². The van der Waals surface area contributed by atoms with Crippen molar-refractivity contribution in [2.24, 2.45) is 5.73 Å². The molecule has 0 spiro atoms. The molecule has 1 atom stereocenters. The summed E-state index contributed by atoms with van der Waals surface area (Å²) in [5, 5.41) is 9.57. The first-order valence-electron chi connectivity index (χ1n) is 6.33. The molecule has 3 N–H and O–H groups in total. The molecule has 1 amide bonds. The highest BCUT2D eigenvalue weighted by Gasteiger charge is 2.23. The molecule has 1 aliphatic heterocycles. The Kier molecular flexibility index (Phi) is 4.50. The zero-order valence-corrected chi connectivity index (χ0v) is 10.7. The Morgan fingerprint density at radius 2 is 2.42 bits per heavy atom. The lowest BCUT2D eigenvalue weighted by molar-refractivity contribution is 0.0469. The van der Waals surface area contributed by atoms with Crippen LogP contribution < -0.4 is 5.73 Å². The van der Waals surface area contributed by atoms with Crippen molar-refractivity contribution in [3.63, 3.8) is 0 Å². The number of pyridine rings is 1. The Bertz CT molecular complexity index is 502. The Morgan fingerprint density at radius 1 is 1.58 bits per heavy atom. The molecule has 1 unspecified atom stereocenters. The predicted molar refractivity (Wildman–Crippen MR) is 71.3 cm³/mol. The molecule has 2 rings (SSSR count). The average molecular weight is 259 g/mol. The SMILES string of the molecule is NCC#Cc1ccc(C(=O)N2CCCC(O)C2)nc1. The van der Waals surface area contributed by atoms with Crippen LogP contribution in [0.2, 0.25) is 0 Å². The quantitative estimate of drug-likeness (QED) is 0.695. The molecular weight excluding hydrogens is 242 g/mol. The second-order valence-corrected chi connectivity index (χ2v) is 4.49. The van der Waals surface area contributed by atoms with Crippen LogP contribution in [0.5, 0.6) is 0 Å². The van der Waals surface area contributed by atoms with Crippen LogP contribution >= 0.6 is 0 Å². The lowest BCUT2D eigenvalue weighted by atomic mass is 10.1. The molecule has 0 aliphatic carbocycles. The van der Waals surface area contributed by atoms with Gasteiger partial charge in [0.1, 0.15) is 5.69 Å². The summed E-state index contributed by atoms with van der Waals surface area (Å²) in [5.74, 6) is 5.44. The van der Waals surface area contributed by atoms with Crippen LogP contribution in [0.15, 0.2) is 18.3 Å². The van der Waals surface area contributed by atoms with Gasteiger partial charge in [-0.2, -0.15) is 0 Å². The van der Waals surface area contributed by atoms with E-state index in [2.05, 4.69) is 16.8 Å². The monoisotopic (exact) mass is 259 g/mol. The second-order valence-electron chi connectivity index (χ2n) is 4.49. The van der Waals surface area contributed by atoms with Crippen molar-refractivity contribution in [3.05, 3.63) is 29.6 Å². The molecule has 1 aliphatic rings. The van der Waals surface area contributed by atoms with E-state index in [-0.39, 0.29) is 5.91 Å². The third-order valence-electron chi connectivity index (χ3n) is 3.00. The normalized spacial score (nSPS) is 18.6. The Labute approximate surface area is 112 Å². The number of rotatable bonds is 1. The van der Waals surface area contributed by atoms with E-state index in [0.717, 1.165) is 18.4 Å². The first-order chi connectivity index (χ1) is 9.20. The Hall–Kier alpha value is -1.90. The van der Waals surface area contributed by atoms with Gasteiger partial charge < -0.3 is 15.7 Å². The van der Waals surface area contributed by atoms with Crippen molar-refractivity contribution >= 4 is 5.91 Å². The van der Waals surface area contributed by atoms with Gasteiger partial charge in [0, 0.05) is 24.8 Å². The molecule has 1 aromatic rings. The number of aliphatic hydroxyl groups is 1. The van der Waals surface area contributed by atoms with E-state index >= 15 is 0 Å². The largest absolute Gasteiger partial charge is 0.391 e. The summed E-state index contributed by atoms with van der Waals surface area (Å²) in [4.78, 5) is 17.9. The minimum absolute atomic E-state index is 0.142. The molecule has 5 nitrogen and oxygen atoms in total. The number of aliphatic hydroxyl groups excluding tert-OH is 1. The standard InChI is InChI=1S/C14H17N3O2/c15-7-1-3-11-5-6-13(16-9-11)14(19)17-8-2-4-12(18)10-17/h5-6,9,12,18H,2,4,7-8,10,15H2. The van der Waals surface area contributed by atoms with Gasteiger partial charge in [0.15, 0.2) is 0 Å². The third-order valence-corrected chi connectivity index (χ3v) is 3.00. The van der Waals surface area contributed by atoms with Crippen molar-refractivity contribution in [1.29, 1.82) is 0 Å². The summed E-state index contributed by atoms with van der Waals surface area (Å²) in [6.45, 7) is 1.36. The minimum atomic E-state index is -0.424. The lowest BCUT2D eigenvalue weighted by Crippen LogP contribution is -2.42. The van der Waals surface area contributed by atoms with Crippen LogP contribution in [0.4, 0.5) is 0 Å². The minimum Gasteiger partial charge on any atom is -0.391 e. The van der Waals surface area contributed by atoms with Gasteiger partial charge in [-0.15, -0.1) is 0 Å². The smallest absolute Gasteiger partial charge is 0.272 e. The summed E-state index contributed by atoms with van der Waals surface area (Å²) in [7, 11) is 0. The number of amides is 1. The summed E-state index contributed by atoms with van der Waals surface area (Å²) >= 11 is 0. The molecule has 2 heterocycles. The summed E-state index contributed by atoms with van der Waals surface area (Å²) < 4.78 is 0. The van der Waals surface area contributed by atoms with Gasteiger partial charge in [-0.3, -0.25) is 4.79 Å². The van der Waals surface area contributed by atoms with Crippen molar-refractivity contribution in [3.8, 4) is 11.8 Å². The van der Waals surface area contributed by atoms with E-state index in [4.69, 9.17) is 5.73 Å². The fraction of sp³-hybridized carbons (Fsp3) is 0.429. The first-order valence-corrected chi connectivity index (χ1v) is 6.33. The Balaban J connectivity index is 2.07. The molecule has 100 valence electrons. The van der Waals surface area contributed by atoms with Gasteiger partial charge in [0.2, 0.25) is 0 Å². The van der Waals surface area contributed by atoms with E-state index < -0.39 is 6.10 Å². The van der Waals surface area contributed by atoms with Crippen LogP contribution in [-0.4, -0.2) is 46.6 Å². The van der Waals surface area contributed by atoms with E-state index in [1.54, 1.807) is 23.2 Å². The topological polar surface area (TPSA) is 79.5 Å². The molecule has 0 radical (unpaired) electrons. The predicted octanol–water partition coefficient (Wildman–Crippen LogP) is -0.0113. The summed E-state index contributed by atoms with van der Waals surface area (Å²) in [6, 6.07) is 3.41. The van der Waals surface area contributed by atoms with Gasteiger partial charge in [-0.1, -0.05) is 11.8 Å². The van der Waals surface area contributed by atoms with Crippen molar-refractivity contribution < 1.29 is 9.90 Å². The van der Waals surface area contributed by atoms with E-state index in [1.165, 1.54) is 0 Å². The van der Waals surface area contributed by atoms with Crippen molar-refractivity contribution in [1.82, 2.24) is 9.88 Å². The number of hydrogen-bond acceptors (Lipinski definition) is 4. The summed E-state index contributed by atoms with van der Waals surface area (Å²) in [5.41, 5.74) is 6.41. The number of carbonyl (C=O) groups excluding carboxylic acids is 1. The molecular formula is C14H17N3O2. The number of nitrogens with zero attached hydrogens (tertiary/aromatic N) is 2. The maximum absolute atomic E-state index is 12.2. The molecule has 0 bridgehead atoms. The number of carbonyl (C=O) groups is 1. The zero-order chi connectivity index (χ0) is 13.7. The maximum atomic E-state index is 12.2. The maximum Gasteiger partial charge on any atom is 0.272 e. The van der Waals surface area contributed by atoms with E-state index in [1.807, 2.05) is 0 Å². The van der Waals surface area contributed by atoms with Gasteiger partial charge in [0.05, 0.1) is 12.6 Å². The van der Waals surface area contributed by atoms with Crippen molar-refractivity contribution in [2.45, 2.75) is 18.9 Å². The average Bonchev–Trinajstić information content (AvgIpc) is 2.45. The molecule has 0 saturated carbocycles. The van der Waals surface area contributed by atoms with Gasteiger partial charge in [-0.25, -0.2) is 4.98 Å². The number of β-amino-alcohol motifs (C(OH)–C–C–N with tert-alkyl or cyclic N) is 1. The Morgan fingerprint density at radius 3 is 3.05 bits per heavy atom. The van der Waals surface area contributed by atoms with Crippen LogP contribution in [0.25, 0.3) is 0 Å². The lowest BCUT2D eigenvalue weighted by Gasteiger charge is -2.29. The number of hydrogen-bond donors (Lipinski definition) is 2. The molecule has 19 heavy (non-hydrogen) atoms. The van der Waals surface area contributed by atoms with Crippen molar-refractivity contribution in [2.75, 3.05) is 19.6 Å². The van der Waals surface area contributed by atoms with Crippen LogP contribution in [0, 0.1) is 11.8 Å². The number of piperidine rings is 1. The fourth-order valence-electron chi connectivity index (χ4n) is 2.05. The highest BCUT2D eigenvalue weighted by molar-refractivity contribution is 5.92. The van der Waals surface area contributed by atoms with Crippen LogP contribution in [-0.2, 0) is 0 Å². The number of nitrogens with two attached hydrogens (primary N) is 1. The highest BCUT2D eigenvalue weighted by Crippen LogP contribution is 2.12. The summed E-state index contributed by atoms with van der Waals surface area (Å²) in [6.07, 6.45) is 2.72. The third kappa shape index (κ3) is 3.53. The van der Waals surface area contributed by atoms with Gasteiger partial charge >= 0.3 is 0 Å². The molecule has 5 heteroatoms. The van der Waals surface area contributed by atoms with Crippen LogP contribution in [0.1, 0.15) is 28.9 Å². The zero-order valence-electron chi connectivity index (χ0n) is 10.7. The van der Waals surface area contributed by atoms with Gasteiger partial charge in [0.25, 0.3) is 5.91 Å². The highest BCUT2D eigenvalue weighted by atomic mass is 16.3. The molecule has 1 fully saturated rings. The number of aromatic nitrogens is 1. The first kappa shape index (κ1) is 13.5. The second kappa shape index (κ2) is 6.32.